The second-order valence-corrected chi connectivity index (χ2v) is 4.10. The van der Waals surface area contributed by atoms with Gasteiger partial charge in [0.15, 0.2) is 17.2 Å². The first-order chi connectivity index (χ1) is 10.2. The first kappa shape index (κ1) is 12.9. The summed E-state index contributed by atoms with van der Waals surface area (Å²) in [5, 5.41) is 12.8. The summed E-state index contributed by atoms with van der Waals surface area (Å²) in [7, 11) is 0. The number of furan rings is 1. The minimum absolute atomic E-state index is 0.0657. The number of carbonyl (C=O) groups is 1. The number of hydrogen-bond donors (Lipinski definition) is 1. The van der Waals surface area contributed by atoms with E-state index in [0.717, 1.165) is 0 Å². The fourth-order valence-corrected chi connectivity index (χ4v) is 1.73. The molecule has 0 radical (unpaired) electrons. The minimum atomic E-state index is -1.15. The third-order valence-electron chi connectivity index (χ3n) is 2.67. The van der Waals surface area contributed by atoms with Gasteiger partial charge in [0.2, 0.25) is 5.76 Å². The lowest BCUT2D eigenvalue weighted by atomic mass is 10.3. The Kier molecular flexibility index (Phi) is 3.38. The number of ether oxygens (including phenoxy) is 1. The van der Waals surface area contributed by atoms with Gasteiger partial charge in [-0.2, -0.15) is 0 Å². The zero-order chi connectivity index (χ0) is 14.7. The van der Waals surface area contributed by atoms with Gasteiger partial charge in [0.05, 0.1) is 6.26 Å². The van der Waals surface area contributed by atoms with Gasteiger partial charge in [0, 0.05) is 12.3 Å². The van der Waals surface area contributed by atoms with Gasteiger partial charge >= 0.3 is 5.97 Å². The molecule has 21 heavy (non-hydrogen) atoms. The molecule has 3 heterocycles. The first-order valence-corrected chi connectivity index (χ1v) is 6.04. The number of hydrogen-bond acceptors (Lipinski definition) is 6. The third kappa shape index (κ3) is 2.76. The van der Waals surface area contributed by atoms with Crippen LogP contribution in [-0.4, -0.2) is 21.2 Å². The Morgan fingerprint density at radius 2 is 2.19 bits per heavy atom. The van der Waals surface area contributed by atoms with E-state index in [1.807, 2.05) is 0 Å². The average Bonchev–Trinajstić information content (AvgIpc) is 3.16. The number of carboxylic acid groups (broad SMARTS) is 1. The van der Waals surface area contributed by atoms with Gasteiger partial charge < -0.3 is 18.8 Å². The maximum Gasteiger partial charge on any atom is 0.358 e. The number of carboxylic acids is 1. The molecule has 3 aromatic rings. The van der Waals surface area contributed by atoms with Crippen LogP contribution in [0.3, 0.4) is 0 Å². The number of nitrogens with zero attached hydrogens (tertiary/aromatic N) is 2. The molecule has 0 amide bonds. The average molecular weight is 286 g/mol. The third-order valence-corrected chi connectivity index (χ3v) is 2.67. The van der Waals surface area contributed by atoms with Gasteiger partial charge in [0.1, 0.15) is 12.3 Å². The fraction of sp³-hybridized carbons (Fsp3) is 0.0714. The van der Waals surface area contributed by atoms with Crippen LogP contribution in [0.25, 0.3) is 11.5 Å². The molecule has 0 saturated heterocycles. The summed E-state index contributed by atoms with van der Waals surface area (Å²) in [4.78, 5) is 14.8. The van der Waals surface area contributed by atoms with E-state index < -0.39 is 5.97 Å². The molecule has 3 rings (SSSR count). The molecule has 0 saturated carbocycles. The van der Waals surface area contributed by atoms with E-state index in [-0.39, 0.29) is 18.1 Å². The fourth-order valence-electron chi connectivity index (χ4n) is 1.73. The zero-order valence-corrected chi connectivity index (χ0v) is 10.7. The van der Waals surface area contributed by atoms with Crippen molar-refractivity contribution >= 4 is 5.97 Å². The number of rotatable bonds is 5. The summed E-state index contributed by atoms with van der Waals surface area (Å²) in [6.45, 7) is 0.0657. The lowest BCUT2D eigenvalue weighted by molar-refractivity contribution is 0.0684. The van der Waals surface area contributed by atoms with Crippen LogP contribution in [0.5, 0.6) is 5.75 Å². The molecule has 3 aromatic heterocycles. The number of aromatic carboxylic acids is 1. The van der Waals surface area contributed by atoms with Crippen molar-refractivity contribution in [2.45, 2.75) is 6.61 Å². The molecular weight excluding hydrogens is 276 g/mol. The molecule has 0 aliphatic heterocycles. The predicted octanol–water partition coefficient (Wildman–Crippen LogP) is 2.61. The van der Waals surface area contributed by atoms with Crippen molar-refractivity contribution < 1.29 is 23.6 Å². The molecule has 0 aliphatic rings. The normalized spacial score (nSPS) is 10.5. The van der Waals surface area contributed by atoms with Gasteiger partial charge in [0.25, 0.3) is 0 Å². The predicted molar refractivity (Wildman–Crippen MR) is 69.7 cm³/mol. The SMILES string of the molecule is O=C(O)c1ncccc1OCc1cc(-c2ccco2)on1. The lowest BCUT2D eigenvalue weighted by Gasteiger charge is -2.05. The van der Waals surface area contributed by atoms with Crippen molar-refractivity contribution in [2.24, 2.45) is 0 Å². The van der Waals surface area contributed by atoms with E-state index in [2.05, 4.69) is 10.1 Å². The highest BCUT2D eigenvalue weighted by Crippen LogP contribution is 2.22. The molecule has 0 fully saturated rings. The van der Waals surface area contributed by atoms with Crippen molar-refractivity contribution in [3.8, 4) is 17.3 Å². The number of aromatic nitrogens is 2. The molecule has 7 heteroatoms. The highest BCUT2D eigenvalue weighted by Gasteiger charge is 2.14. The monoisotopic (exact) mass is 286 g/mol. The maximum atomic E-state index is 11.0. The van der Waals surface area contributed by atoms with Crippen LogP contribution in [0.15, 0.2) is 51.7 Å². The van der Waals surface area contributed by atoms with Crippen molar-refractivity contribution in [1.82, 2.24) is 10.1 Å². The van der Waals surface area contributed by atoms with E-state index in [1.54, 1.807) is 24.3 Å². The molecule has 7 nitrogen and oxygen atoms in total. The molecule has 106 valence electrons. The van der Waals surface area contributed by atoms with Crippen LogP contribution >= 0.6 is 0 Å². The van der Waals surface area contributed by atoms with E-state index in [4.69, 9.17) is 18.8 Å². The quantitative estimate of drug-likeness (QED) is 0.769. The second kappa shape index (κ2) is 5.49. The molecule has 0 atom stereocenters. The summed E-state index contributed by atoms with van der Waals surface area (Å²) in [6.07, 6.45) is 2.92. The van der Waals surface area contributed by atoms with E-state index >= 15 is 0 Å². The van der Waals surface area contributed by atoms with Crippen LogP contribution in [0.4, 0.5) is 0 Å². The van der Waals surface area contributed by atoms with Crippen LogP contribution in [0.2, 0.25) is 0 Å². The van der Waals surface area contributed by atoms with Gasteiger partial charge in [-0.25, -0.2) is 9.78 Å². The van der Waals surface area contributed by atoms with Crippen molar-refractivity contribution in [1.29, 1.82) is 0 Å². The van der Waals surface area contributed by atoms with E-state index in [9.17, 15) is 4.79 Å². The maximum absolute atomic E-state index is 11.0. The minimum Gasteiger partial charge on any atom is -0.485 e. The Hall–Kier alpha value is -3.09. The zero-order valence-electron chi connectivity index (χ0n) is 10.7. The summed E-state index contributed by atoms with van der Waals surface area (Å²) < 4.78 is 15.7. The van der Waals surface area contributed by atoms with Gasteiger partial charge in [-0.1, -0.05) is 5.16 Å². The van der Waals surface area contributed by atoms with Crippen LogP contribution < -0.4 is 4.74 Å². The molecule has 0 aromatic carbocycles. The van der Waals surface area contributed by atoms with Gasteiger partial charge in [-0.3, -0.25) is 0 Å². The summed E-state index contributed by atoms with van der Waals surface area (Å²) in [6, 6.07) is 8.27. The second-order valence-electron chi connectivity index (χ2n) is 4.10. The van der Waals surface area contributed by atoms with E-state index in [0.29, 0.717) is 17.2 Å². The molecule has 0 aliphatic carbocycles. The Morgan fingerprint density at radius 1 is 1.29 bits per heavy atom. The van der Waals surface area contributed by atoms with Crippen molar-refractivity contribution in [2.75, 3.05) is 0 Å². The van der Waals surface area contributed by atoms with Crippen molar-refractivity contribution in [3.05, 3.63) is 54.2 Å². The largest absolute Gasteiger partial charge is 0.485 e. The van der Waals surface area contributed by atoms with Crippen LogP contribution in [0, 0.1) is 0 Å². The highest BCUT2D eigenvalue weighted by molar-refractivity contribution is 5.88. The Morgan fingerprint density at radius 3 is 2.95 bits per heavy atom. The Balaban J connectivity index is 1.73. The Labute approximate surface area is 118 Å². The van der Waals surface area contributed by atoms with Crippen molar-refractivity contribution in [3.63, 3.8) is 0 Å². The van der Waals surface area contributed by atoms with E-state index in [1.165, 1.54) is 18.5 Å². The number of pyridine rings is 1. The van der Waals surface area contributed by atoms with Crippen LogP contribution in [0.1, 0.15) is 16.2 Å². The lowest BCUT2D eigenvalue weighted by Crippen LogP contribution is -2.05. The topological polar surface area (TPSA) is 98.6 Å². The summed E-state index contributed by atoms with van der Waals surface area (Å²) in [5.41, 5.74) is 0.369. The molecule has 0 unspecified atom stereocenters. The molecule has 0 spiro atoms. The van der Waals surface area contributed by atoms with Gasteiger partial charge in [-0.05, 0) is 24.3 Å². The van der Waals surface area contributed by atoms with Gasteiger partial charge in [-0.15, -0.1) is 0 Å². The first-order valence-electron chi connectivity index (χ1n) is 6.04. The summed E-state index contributed by atoms with van der Waals surface area (Å²) in [5.74, 6) is 0.0548. The molecule has 1 N–H and O–H groups in total. The smallest absolute Gasteiger partial charge is 0.358 e. The molecular formula is C14H10N2O5. The summed E-state index contributed by atoms with van der Waals surface area (Å²) >= 11 is 0. The highest BCUT2D eigenvalue weighted by atomic mass is 16.5. The molecule has 0 bridgehead atoms. The standard InChI is InChI=1S/C14H10N2O5/c17-14(18)13-11(3-1-5-15-13)20-8-9-7-12(21-16-9)10-4-2-6-19-10/h1-7H,8H2,(H,17,18). The van der Waals surface area contributed by atoms with Crippen LogP contribution in [-0.2, 0) is 6.61 Å². The Bertz CT molecular complexity index is 748.